The summed E-state index contributed by atoms with van der Waals surface area (Å²) in [5.74, 6) is -1.03. The van der Waals surface area contributed by atoms with E-state index in [1.54, 1.807) is 6.20 Å². The lowest BCUT2D eigenvalue weighted by molar-refractivity contribution is 0.0927. The van der Waals surface area contributed by atoms with E-state index in [9.17, 15) is 14.0 Å². The Morgan fingerprint density at radius 1 is 1.35 bits per heavy atom. The van der Waals surface area contributed by atoms with Crippen molar-refractivity contribution in [3.05, 3.63) is 47.3 Å². The number of aromatic nitrogens is 3. The van der Waals surface area contributed by atoms with E-state index >= 15 is 0 Å². The summed E-state index contributed by atoms with van der Waals surface area (Å²) in [7, 11) is 0. The molecule has 0 bridgehead atoms. The Morgan fingerprint density at radius 2 is 2.15 bits per heavy atom. The Kier molecular flexibility index (Phi) is 5.29. The maximum Gasteiger partial charge on any atom is 0.270 e. The number of carbonyl (C=O) groups is 2. The van der Waals surface area contributed by atoms with Gasteiger partial charge in [0.15, 0.2) is 0 Å². The Hall–Kier alpha value is -2.77. The number of rotatable bonds is 5. The van der Waals surface area contributed by atoms with Crippen LogP contribution in [0.2, 0.25) is 0 Å². The SMILES string of the molecule is CC(C)NC(=O)c1cnn2c1C[C@H](CNC(=O)c1cccc(F)n1)CC2. The van der Waals surface area contributed by atoms with Crippen LogP contribution in [0, 0.1) is 11.9 Å². The third-order valence-electron chi connectivity index (χ3n) is 4.34. The highest BCUT2D eigenvalue weighted by Gasteiger charge is 2.26. The largest absolute Gasteiger partial charge is 0.350 e. The smallest absolute Gasteiger partial charge is 0.270 e. The van der Waals surface area contributed by atoms with Gasteiger partial charge >= 0.3 is 0 Å². The molecule has 0 aromatic carbocycles. The predicted molar refractivity (Wildman–Crippen MR) is 93.2 cm³/mol. The Morgan fingerprint density at radius 3 is 2.88 bits per heavy atom. The first-order valence-electron chi connectivity index (χ1n) is 8.70. The Labute approximate surface area is 151 Å². The molecular weight excluding hydrogens is 337 g/mol. The summed E-state index contributed by atoms with van der Waals surface area (Å²) in [6.45, 7) is 4.95. The second-order valence-electron chi connectivity index (χ2n) is 6.77. The van der Waals surface area contributed by atoms with Crippen LogP contribution < -0.4 is 10.6 Å². The molecule has 3 rings (SSSR count). The zero-order valence-corrected chi connectivity index (χ0v) is 14.8. The van der Waals surface area contributed by atoms with Crippen molar-refractivity contribution in [1.82, 2.24) is 25.4 Å². The zero-order valence-electron chi connectivity index (χ0n) is 14.8. The van der Waals surface area contributed by atoms with Crippen LogP contribution in [0.25, 0.3) is 0 Å². The van der Waals surface area contributed by atoms with Gasteiger partial charge in [-0.25, -0.2) is 4.98 Å². The van der Waals surface area contributed by atoms with Gasteiger partial charge in [-0.15, -0.1) is 0 Å². The first-order chi connectivity index (χ1) is 12.4. The van der Waals surface area contributed by atoms with E-state index in [4.69, 9.17) is 0 Å². The van der Waals surface area contributed by atoms with Gasteiger partial charge in [-0.3, -0.25) is 14.3 Å². The van der Waals surface area contributed by atoms with Crippen molar-refractivity contribution in [2.75, 3.05) is 6.54 Å². The molecule has 0 saturated heterocycles. The van der Waals surface area contributed by atoms with Gasteiger partial charge in [-0.2, -0.15) is 9.49 Å². The minimum atomic E-state index is -0.681. The van der Waals surface area contributed by atoms with E-state index in [0.717, 1.165) is 12.1 Å². The van der Waals surface area contributed by atoms with Gasteiger partial charge in [0.05, 0.1) is 17.5 Å². The summed E-state index contributed by atoms with van der Waals surface area (Å²) in [6, 6.07) is 4.18. The molecule has 0 saturated carbocycles. The molecule has 1 aliphatic rings. The fourth-order valence-corrected chi connectivity index (χ4v) is 3.07. The number of amides is 2. The summed E-state index contributed by atoms with van der Waals surface area (Å²) >= 11 is 0. The molecule has 0 radical (unpaired) electrons. The number of hydrogen-bond donors (Lipinski definition) is 2. The summed E-state index contributed by atoms with van der Waals surface area (Å²) in [4.78, 5) is 28.0. The topological polar surface area (TPSA) is 88.9 Å². The van der Waals surface area contributed by atoms with Crippen molar-refractivity contribution in [3.8, 4) is 0 Å². The number of nitrogens with zero attached hydrogens (tertiary/aromatic N) is 3. The maximum atomic E-state index is 13.1. The molecule has 7 nitrogen and oxygen atoms in total. The van der Waals surface area contributed by atoms with Crippen LogP contribution in [-0.2, 0) is 13.0 Å². The molecule has 2 amide bonds. The van der Waals surface area contributed by atoms with E-state index in [0.29, 0.717) is 25.1 Å². The van der Waals surface area contributed by atoms with Crippen LogP contribution in [0.3, 0.4) is 0 Å². The molecule has 0 fully saturated rings. The number of hydrogen-bond acceptors (Lipinski definition) is 4. The van der Waals surface area contributed by atoms with Gasteiger partial charge in [0.25, 0.3) is 11.8 Å². The number of nitrogens with one attached hydrogen (secondary N) is 2. The summed E-state index contributed by atoms with van der Waals surface area (Å²) in [5.41, 5.74) is 1.53. The molecule has 1 atom stereocenters. The molecule has 26 heavy (non-hydrogen) atoms. The van der Waals surface area contributed by atoms with E-state index in [-0.39, 0.29) is 23.6 Å². The Balaban J connectivity index is 1.62. The highest BCUT2D eigenvalue weighted by atomic mass is 19.1. The lowest BCUT2D eigenvalue weighted by Crippen LogP contribution is -2.35. The normalized spacial score (nSPS) is 16.2. The highest BCUT2D eigenvalue weighted by Crippen LogP contribution is 2.22. The Bertz CT molecular complexity index is 818. The quantitative estimate of drug-likeness (QED) is 0.793. The van der Waals surface area contributed by atoms with Crippen LogP contribution in [0.4, 0.5) is 4.39 Å². The van der Waals surface area contributed by atoms with E-state index in [1.165, 1.54) is 18.2 Å². The van der Waals surface area contributed by atoms with Crippen molar-refractivity contribution in [2.45, 2.75) is 39.3 Å². The second kappa shape index (κ2) is 7.63. The molecule has 0 unspecified atom stereocenters. The standard InChI is InChI=1S/C18H22FN5O2/c1-11(2)22-17(25)13-10-21-24-7-6-12(8-15(13)24)9-20-18(26)14-4-3-5-16(19)23-14/h3-5,10-12H,6-9H2,1-2H3,(H,20,26)(H,22,25)/t12-/m1/s1. The number of pyridine rings is 1. The van der Waals surface area contributed by atoms with Crippen LogP contribution in [0.1, 0.15) is 46.8 Å². The first kappa shape index (κ1) is 18.0. The number of halogens is 1. The van der Waals surface area contributed by atoms with E-state index < -0.39 is 11.9 Å². The maximum absolute atomic E-state index is 13.1. The van der Waals surface area contributed by atoms with Crippen molar-refractivity contribution in [1.29, 1.82) is 0 Å². The second-order valence-corrected chi connectivity index (χ2v) is 6.77. The zero-order chi connectivity index (χ0) is 18.7. The summed E-state index contributed by atoms with van der Waals surface area (Å²) < 4.78 is 15.0. The molecule has 0 spiro atoms. The van der Waals surface area contributed by atoms with Crippen LogP contribution in [0.15, 0.2) is 24.4 Å². The van der Waals surface area contributed by atoms with Gasteiger partial charge < -0.3 is 10.6 Å². The number of fused-ring (bicyclic) bond motifs is 1. The van der Waals surface area contributed by atoms with Gasteiger partial charge in [0.2, 0.25) is 5.95 Å². The lowest BCUT2D eigenvalue weighted by Gasteiger charge is -2.24. The molecule has 2 aromatic rings. The monoisotopic (exact) mass is 359 g/mol. The third-order valence-corrected chi connectivity index (χ3v) is 4.34. The average molecular weight is 359 g/mol. The minimum Gasteiger partial charge on any atom is -0.350 e. The minimum absolute atomic E-state index is 0.0514. The van der Waals surface area contributed by atoms with E-state index in [2.05, 4.69) is 20.7 Å². The first-order valence-corrected chi connectivity index (χ1v) is 8.70. The summed E-state index contributed by atoms with van der Waals surface area (Å²) in [5, 5.41) is 9.97. The molecular formula is C18H22FN5O2. The van der Waals surface area contributed by atoms with Crippen LogP contribution in [0.5, 0.6) is 0 Å². The van der Waals surface area contributed by atoms with Crippen LogP contribution >= 0.6 is 0 Å². The highest BCUT2D eigenvalue weighted by molar-refractivity contribution is 5.95. The molecule has 2 aromatic heterocycles. The van der Waals surface area contributed by atoms with Gasteiger partial charge in [-0.05, 0) is 44.7 Å². The van der Waals surface area contributed by atoms with Gasteiger partial charge in [0, 0.05) is 19.1 Å². The molecule has 2 N–H and O–H groups in total. The van der Waals surface area contributed by atoms with Crippen molar-refractivity contribution in [2.24, 2.45) is 5.92 Å². The van der Waals surface area contributed by atoms with Crippen molar-refractivity contribution < 1.29 is 14.0 Å². The summed E-state index contributed by atoms with van der Waals surface area (Å²) in [6.07, 6.45) is 3.10. The number of carbonyl (C=O) groups excluding carboxylic acids is 2. The fourth-order valence-electron chi connectivity index (χ4n) is 3.07. The predicted octanol–water partition coefficient (Wildman–Crippen LogP) is 1.55. The average Bonchev–Trinajstić information content (AvgIpc) is 3.02. The molecule has 8 heteroatoms. The fraction of sp³-hybridized carbons (Fsp3) is 0.444. The molecule has 0 aliphatic carbocycles. The van der Waals surface area contributed by atoms with Gasteiger partial charge in [-0.1, -0.05) is 6.07 Å². The molecule has 138 valence electrons. The van der Waals surface area contributed by atoms with Crippen LogP contribution in [-0.4, -0.2) is 39.2 Å². The van der Waals surface area contributed by atoms with E-state index in [1.807, 2.05) is 18.5 Å². The van der Waals surface area contributed by atoms with Crippen molar-refractivity contribution >= 4 is 11.8 Å². The van der Waals surface area contributed by atoms with Gasteiger partial charge in [0.1, 0.15) is 5.69 Å². The molecule has 3 heterocycles. The number of aryl methyl sites for hydroxylation is 1. The molecule has 1 aliphatic heterocycles. The van der Waals surface area contributed by atoms with Crippen molar-refractivity contribution in [3.63, 3.8) is 0 Å². The lowest BCUT2D eigenvalue weighted by atomic mass is 9.94. The third kappa shape index (κ3) is 4.07.